The molecule has 0 atom stereocenters. The highest BCUT2D eigenvalue weighted by atomic mass is 32.1. The molecule has 1 nitrogen and oxygen atoms in total. The third kappa shape index (κ3) is 2.37. The Balaban J connectivity index is 2.38. The van der Waals surface area contributed by atoms with Crippen LogP contribution in [0.25, 0.3) is 0 Å². The minimum Gasteiger partial charge on any atom is -0.336 e. The molecule has 0 N–H and O–H groups in total. The third-order valence-corrected chi connectivity index (χ3v) is 3.21. The SMILES string of the molecule is CC(=S)N1CCCCCc2ccccc21. The highest BCUT2D eigenvalue weighted by Gasteiger charge is 2.14. The van der Waals surface area contributed by atoms with E-state index in [2.05, 4.69) is 29.2 Å². The number of benzene rings is 1. The second-order valence-electron chi connectivity index (χ2n) is 4.11. The fourth-order valence-corrected chi connectivity index (χ4v) is 2.38. The summed E-state index contributed by atoms with van der Waals surface area (Å²) in [6.45, 7) is 3.10. The van der Waals surface area contributed by atoms with Crippen LogP contribution < -0.4 is 4.90 Å². The lowest BCUT2D eigenvalue weighted by Gasteiger charge is -2.28. The van der Waals surface area contributed by atoms with Crippen molar-refractivity contribution in [3.05, 3.63) is 29.8 Å². The molecule has 0 aliphatic carbocycles. The van der Waals surface area contributed by atoms with E-state index in [0.717, 1.165) is 11.5 Å². The zero-order valence-electron chi connectivity index (χ0n) is 9.20. The number of rotatable bonds is 0. The van der Waals surface area contributed by atoms with Gasteiger partial charge in [0.1, 0.15) is 0 Å². The summed E-state index contributed by atoms with van der Waals surface area (Å²) in [5.74, 6) is 0. The molecule has 0 unspecified atom stereocenters. The predicted molar refractivity (Wildman–Crippen MR) is 69.6 cm³/mol. The van der Waals surface area contributed by atoms with E-state index < -0.39 is 0 Å². The van der Waals surface area contributed by atoms with Crippen LogP contribution in [0.5, 0.6) is 0 Å². The zero-order chi connectivity index (χ0) is 10.7. The molecule has 80 valence electrons. The Kier molecular flexibility index (Phi) is 3.37. The van der Waals surface area contributed by atoms with Gasteiger partial charge in [-0.25, -0.2) is 0 Å². The molecule has 0 amide bonds. The van der Waals surface area contributed by atoms with Gasteiger partial charge >= 0.3 is 0 Å². The van der Waals surface area contributed by atoms with Gasteiger partial charge in [-0.2, -0.15) is 0 Å². The maximum Gasteiger partial charge on any atom is 0.0792 e. The van der Waals surface area contributed by atoms with Gasteiger partial charge in [0, 0.05) is 12.2 Å². The molecule has 0 saturated carbocycles. The van der Waals surface area contributed by atoms with Gasteiger partial charge in [0.15, 0.2) is 0 Å². The number of para-hydroxylation sites is 1. The lowest BCUT2D eigenvalue weighted by molar-refractivity contribution is 0.667. The second kappa shape index (κ2) is 4.75. The maximum absolute atomic E-state index is 5.32. The smallest absolute Gasteiger partial charge is 0.0792 e. The average Bonchev–Trinajstić information content (AvgIpc) is 2.18. The van der Waals surface area contributed by atoms with E-state index >= 15 is 0 Å². The summed E-state index contributed by atoms with van der Waals surface area (Å²) in [6, 6.07) is 8.64. The van der Waals surface area contributed by atoms with Gasteiger partial charge in [0.2, 0.25) is 0 Å². The van der Waals surface area contributed by atoms with E-state index in [0.29, 0.717) is 0 Å². The highest BCUT2D eigenvalue weighted by Crippen LogP contribution is 2.25. The van der Waals surface area contributed by atoms with Gasteiger partial charge in [-0.15, -0.1) is 0 Å². The van der Waals surface area contributed by atoms with E-state index in [1.54, 1.807) is 0 Å². The topological polar surface area (TPSA) is 3.24 Å². The van der Waals surface area contributed by atoms with E-state index in [1.807, 2.05) is 6.92 Å². The molecule has 1 aliphatic heterocycles. The molecule has 1 aromatic rings. The van der Waals surface area contributed by atoms with E-state index in [9.17, 15) is 0 Å². The highest BCUT2D eigenvalue weighted by molar-refractivity contribution is 7.80. The molecule has 2 rings (SSSR count). The molecule has 0 fully saturated rings. The molecule has 1 aromatic carbocycles. The molecule has 0 spiro atoms. The molecule has 0 aromatic heterocycles. The number of thiocarbonyl (C=S) groups is 1. The Labute approximate surface area is 97.1 Å². The minimum absolute atomic E-state index is 0.990. The molecule has 0 bridgehead atoms. The van der Waals surface area contributed by atoms with E-state index in [-0.39, 0.29) is 0 Å². The Morgan fingerprint density at radius 3 is 2.80 bits per heavy atom. The van der Waals surface area contributed by atoms with Gasteiger partial charge in [-0.3, -0.25) is 0 Å². The van der Waals surface area contributed by atoms with Crippen molar-refractivity contribution in [3.63, 3.8) is 0 Å². The van der Waals surface area contributed by atoms with Crippen LogP contribution in [0, 0.1) is 0 Å². The van der Waals surface area contributed by atoms with Crippen molar-refractivity contribution in [2.24, 2.45) is 0 Å². The zero-order valence-corrected chi connectivity index (χ0v) is 10.0. The van der Waals surface area contributed by atoms with Crippen molar-refractivity contribution in [2.75, 3.05) is 11.4 Å². The van der Waals surface area contributed by atoms with Crippen LogP contribution in [0.2, 0.25) is 0 Å². The van der Waals surface area contributed by atoms with Crippen LogP contribution in [-0.2, 0) is 6.42 Å². The van der Waals surface area contributed by atoms with Gasteiger partial charge in [-0.1, -0.05) is 36.8 Å². The number of hydrogen-bond donors (Lipinski definition) is 0. The molecule has 1 aliphatic rings. The first-order chi connectivity index (χ1) is 7.29. The summed E-state index contributed by atoms with van der Waals surface area (Å²) in [5.41, 5.74) is 2.77. The molecule has 15 heavy (non-hydrogen) atoms. The molecule has 0 saturated heterocycles. The predicted octanol–water partition coefficient (Wildman–Crippen LogP) is 3.57. The summed E-state index contributed by atoms with van der Waals surface area (Å²) < 4.78 is 0. The lowest BCUT2D eigenvalue weighted by atomic mass is 10.0. The summed E-state index contributed by atoms with van der Waals surface area (Å²) >= 11 is 5.32. The first-order valence-electron chi connectivity index (χ1n) is 5.65. The minimum atomic E-state index is 0.990. The van der Waals surface area contributed by atoms with Crippen LogP contribution in [0.4, 0.5) is 5.69 Å². The van der Waals surface area contributed by atoms with Crippen molar-refractivity contribution in [2.45, 2.75) is 32.6 Å². The maximum atomic E-state index is 5.32. The van der Waals surface area contributed by atoms with Crippen LogP contribution in [0.1, 0.15) is 31.7 Å². The second-order valence-corrected chi connectivity index (χ2v) is 4.70. The summed E-state index contributed by atoms with van der Waals surface area (Å²) in [6.07, 6.45) is 5.06. The Hall–Kier alpha value is -0.890. The summed E-state index contributed by atoms with van der Waals surface area (Å²) in [5, 5.41) is 0. The number of hydrogen-bond acceptors (Lipinski definition) is 1. The normalized spacial score (nSPS) is 16.5. The fourth-order valence-electron chi connectivity index (χ4n) is 2.20. The van der Waals surface area contributed by atoms with Crippen molar-refractivity contribution >= 4 is 22.9 Å². The molecule has 1 heterocycles. The Morgan fingerprint density at radius 1 is 1.20 bits per heavy atom. The molecular formula is C13H17NS. The number of aryl methyl sites for hydroxylation is 1. The van der Waals surface area contributed by atoms with Crippen LogP contribution in [0.3, 0.4) is 0 Å². The molecule has 0 radical (unpaired) electrons. The fraction of sp³-hybridized carbons (Fsp3) is 0.462. The first kappa shape index (κ1) is 10.6. The standard InChI is InChI=1S/C13H17NS/c1-11(15)14-10-6-2-3-7-12-8-4-5-9-13(12)14/h4-5,8-9H,2-3,6-7,10H2,1H3. The summed E-state index contributed by atoms with van der Waals surface area (Å²) in [4.78, 5) is 3.27. The van der Waals surface area contributed by atoms with Crippen LogP contribution >= 0.6 is 12.2 Å². The number of fused-ring (bicyclic) bond motifs is 1. The first-order valence-corrected chi connectivity index (χ1v) is 6.06. The molecular weight excluding hydrogens is 202 g/mol. The Bertz CT molecular complexity index is 359. The average molecular weight is 219 g/mol. The summed E-state index contributed by atoms with van der Waals surface area (Å²) in [7, 11) is 0. The largest absolute Gasteiger partial charge is 0.336 e. The van der Waals surface area contributed by atoms with E-state index in [4.69, 9.17) is 12.2 Å². The quantitative estimate of drug-likeness (QED) is 0.614. The van der Waals surface area contributed by atoms with Crippen LogP contribution in [0.15, 0.2) is 24.3 Å². The van der Waals surface area contributed by atoms with Crippen LogP contribution in [-0.4, -0.2) is 11.5 Å². The van der Waals surface area contributed by atoms with Crippen molar-refractivity contribution < 1.29 is 0 Å². The third-order valence-electron chi connectivity index (χ3n) is 2.99. The Morgan fingerprint density at radius 2 is 2.00 bits per heavy atom. The number of anilines is 1. The van der Waals surface area contributed by atoms with Gasteiger partial charge in [0.25, 0.3) is 0 Å². The van der Waals surface area contributed by atoms with E-state index in [1.165, 1.54) is 36.9 Å². The van der Waals surface area contributed by atoms with Crippen molar-refractivity contribution in [1.82, 2.24) is 0 Å². The van der Waals surface area contributed by atoms with Gasteiger partial charge in [0.05, 0.1) is 4.99 Å². The molecule has 2 heteroatoms. The monoisotopic (exact) mass is 219 g/mol. The van der Waals surface area contributed by atoms with Gasteiger partial charge < -0.3 is 4.90 Å². The lowest BCUT2D eigenvalue weighted by Crippen LogP contribution is -2.30. The number of nitrogens with zero attached hydrogens (tertiary/aromatic N) is 1. The van der Waals surface area contributed by atoms with Gasteiger partial charge in [-0.05, 0) is 37.8 Å². The van der Waals surface area contributed by atoms with Crippen molar-refractivity contribution in [1.29, 1.82) is 0 Å². The van der Waals surface area contributed by atoms with Crippen molar-refractivity contribution in [3.8, 4) is 0 Å².